The van der Waals surface area contributed by atoms with Crippen molar-refractivity contribution in [3.8, 4) is 0 Å². The molecule has 106 valence electrons. The van der Waals surface area contributed by atoms with E-state index >= 15 is 0 Å². The highest BCUT2D eigenvalue weighted by Crippen LogP contribution is 2.25. The Morgan fingerprint density at radius 2 is 1.84 bits per heavy atom. The van der Waals surface area contributed by atoms with Crippen LogP contribution in [-0.4, -0.2) is 29.9 Å². The van der Waals surface area contributed by atoms with Crippen molar-refractivity contribution in [2.45, 2.75) is 46.6 Å². The summed E-state index contributed by atoms with van der Waals surface area (Å²) in [4.78, 5) is 14.5. The van der Waals surface area contributed by atoms with E-state index in [1.807, 2.05) is 25.7 Å². The molecule has 1 aromatic rings. The van der Waals surface area contributed by atoms with Gasteiger partial charge < -0.3 is 15.1 Å². The number of aryl methyl sites for hydroxylation is 2. The molecule has 1 atom stereocenters. The molecule has 1 aliphatic rings. The summed E-state index contributed by atoms with van der Waals surface area (Å²) >= 11 is 0. The molecule has 0 spiro atoms. The number of carbonyl (C=O) groups is 1. The Labute approximate surface area is 114 Å². The van der Waals surface area contributed by atoms with E-state index in [4.69, 9.17) is 10.2 Å². The minimum absolute atomic E-state index is 0.106. The van der Waals surface area contributed by atoms with E-state index in [0.29, 0.717) is 5.92 Å². The highest BCUT2D eigenvalue weighted by Gasteiger charge is 2.28. The number of furan rings is 1. The van der Waals surface area contributed by atoms with Crippen molar-refractivity contribution in [2.75, 3.05) is 13.1 Å². The van der Waals surface area contributed by atoms with E-state index < -0.39 is 0 Å². The van der Waals surface area contributed by atoms with Gasteiger partial charge in [0, 0.05) is 24.7 Å². The van der Waals surface area contributed by atoms with Crippen LogP contribution in [0.4, 0.5) is 0 Å². The maximum Gasteiger partial charge on any atom is 0.257 e. The first-order valence-corrected chi connectivity index (χ1v) is 7.03. The number of amides is 1. The molecule has 1 unspecified atom stereocenters. The fourth-order valence-corrected chi connectivity index (χ4v) is 2.89. The van der Waals surface area contributed by atoms with E-state index in [-0.39, 0.29) is 11.9 Å². The second kappa shape index (κ2) is 5.37. The number of carbonyl (C=O) groups excluding carboxylic acids is 1. The zero-order chi connectivity index (χ0) is 14.2. The molecule has 2 N–H and O–H groups in total. The lowest BCUT2D eigenvalue weighted by molar-refractivity contribution is 0.0678. The van der Waals surface area contributed by atoms with Crippen molar-refractivity contribution in [3.05, 3.63) is 22.6 Å². The molecule has 2 rings (SSSR count). The summed E-state index contributed by atoms with van der Waals surface area (Å²) in [5.41, 5.74) is 7.65. The van der Waals surface area contributed by atoms with E-state index in [1.165, 1.54) is 0 Å². The molecule has 0 radical (unpaired) electrons. The summed E-state index contributed by atoms with van der Waals surface area (Å²) in [6, 6.07) is 0.219. The summed E-state index contributed by atoms with van der Waals surface area (Å²) in [5.74, 6) is 2.22. The number of nitrogens with zero attached hydrogens (tertiary/aromatic N) is 1. The molecule has 1 fully saturated rings. The molecule has 1 aromatic heterocycles. The summed E-state index contributed by atoms with van der Waals surface area (Å²) in [7, 11) is 0. The second-order valence-electron chi connectivity index (χ2n) is 5.70. The van der Waals surface area contributed by atoms with Crippen LogP contribution < -0.4 is 5.73 Å². The smallest absolute Gasteiger partial charge is 0.257 e. The number of rotatable bonds is 2. The van der Waals surface area contributed by atoms with Gasteiger partial charge in [-0.25, -0.2) is 0 Å². The van der Waals surface area contributed by atoms with Crippen LogP contribution in [0.25, 0.3) is 0 Å². The average Bonchev–Trinajstić information content (AvgIpc) is 2.62. The minimum Gasteiger partial charge on any atom is -0.466 e. The van der Waals surface area contributed by atoms with Crippen molar-refractivity contribution in [3.63, 3.8) is 0 Å². The first kappa shape index (κ1) is 14.1. The molecule has 0 aliphatic carbocycles. The minimum atomic E-state index is 0.106. The molecular formula is C15H24N2O2. The first-order chi connectivity index (χ1) is 8.91. The number of likely N-dealkylation sites (tertiary alicyclic amines) is 1. The third-order valence-electron chi connectivity index (χ3n) is 4.35. The molecule has 0 saturated carbocycles. The normalized spacial score (nSPS) is 18.7. The van der Waals surface area contributed by atoms with Crippen molar-refractivity contribution < 1.29 is 9.21 Å². The van der Waals surface area contributed by atoms with Gasteiger partial charge in [-0.2, -0.15) is 0 Å². The van der Waals surface area contributed by atoms with Crippen molar-refractivity contribution >= 4 is 5.91 Å². The largest absolute Gasteiger partial charge is 0.466 e. The highest BCUT2D eigenvalue weighted by molar-refractivity contribution is 5.96. The maximum absolute atomic E-state index is 12.6. The summed E-state index contributed by atoms with van der Waals surface area (Å²) in [5, 5.41) is 0. The Bertz CT molecular complexity index is 469. The summed E-state index contributed by atoms with van der Waals surface area (Å²) < 4.78 is 5.55. The maximum atomic E-state index is 12.6. The Morgan fingerprint density at radius 3 is 2.26 bits per heavy atom. The molecule has 19 heavy (non-hydrogen) atoms. The molecular weight excluding hydrogens is 240 g/mol. The Kier molecular flexibility index (Phi) is 3.99. The number of hydrogen-bond donors (Lipinski definition) is 1. The summed E-state index contributed by atoms with van der Waals surface area (Å²) in [6.07, 6.45) is 2.00. The van der Waals surface area contributed by atoms with Gasteiger partial charge in [0.05, 0.1) is 5.56 Å². The van der Waals surface area contributed by atoms with Gasteiger partial charge in [0.15, 0.2) is 0 Å². The van der Waals surface area contributed by atoms with Gasteiger partial charge in [-0.3, -0.25) is 4.79 Å². The van der Waals surface area contributed by atoms with E-state index in [0.717, 1.165) is 48.6 Å². The van der Waals surface area contributed by atoms with Crippen LogP contribution in [0.5, 0.6) is 0 Å². The van der Waals surface area contributed by atoms with Crippen LogP contribution >= 0.6 is 0 Å². The third kappa shape index (κ3) is 2.68. The van der Waals surface area contributed by atoms with Gasteiger partial charge >= 0.3 is 0 Å². The van der Waals surface area contributed by atoms with Gasteiger partial charge in [0.2, 0.25) is 0 Å². The average molecular weight is 264 g/mol. The van der Waals surface area contributed by atoms with Crippen LogP contribution in [0.1, 0.15) is 47.2 Å². The second-order valence-corrected chi connectivity index (χ2v) is 5.70. The highest BCUT2D eigenvalue weighted by atomic mass is 16.3. The van der Waals surface area contributed by atoms with Crippen LogP contribution in [0.3, 0.4) is 0 Å². The van der Waals surface area contributed by atoms with Crippen molar-refractivity contribution in [1.82, 2.24) is 4.90 Å². The third-order valence-corrected chi connectivity index (χ3v) is 4.35. The summed E-state index contributed by atoms with van der Waals surface area (Å²) in [6.45, 7) is 9.37. The van der Waals surface area contributed by atoms with Crippen molar-refractivity contribution in [1.29, 1.82) is 0 Å². The standard InChI is InChI=1S/C15H24N2O2/c1-9-11(3)19-12(4)14(9)15(18)17-7-5-13(6-8-17)10(2)16/h10,13H,5-8,16H2,1-4H3. The lowest BCUT2D eigenvalue weighted by Gasteiger charge is -2.33. The predicted octanol–water partition coefficient (Wildman–Crippen LogP) is 2.40. The molecule has 4 nitrogen and oxygen atoms in total. The van der Waals surface area contributed by atoms with Gasteiger partial charge in [0.25, 0.3) is 5.91 Å². The van der Waals surface area contributed by atoms with Gasteiger partial charge in [-0.05, 0) is 46.5 Å². The fourth-order valence-electron chi connectivity index (χ4n) is 2.89. The fraction of sp³-hybridized carbons (Fsp3) is 0.667. The van der Waals surface area contributed by atoms with Crippen LogP contribution in [-0.2, 0) is 0 Å². The predicted molar refractivity (Wildman–Crippen MR) is 75.2 cm³/mol. The zero-order valence-corrected chi connectivity index (χ0v) is 12.3. The zero-order valence-electron chi connectivity index (χ0n) is 12.3. The SMILES string of the molecule is Cc1oc(C)c(C(=O)N2CCC(C(C)N)CC2)c1C. The molecule has 0 aromatic carbocycles. The Hall–Kier alpha value is -1.29. The van der Waals surface area contributed by atoms with Crippen molar-refractivity contribution in [2.24, 2.45) is 11.7 Å². The van der Waals surface area contributed by atoms with Crippen LogP contribution in [0.2, 0.25) is 0 Å². The quantitative estimate of drug-likeness (QED) is 0.892. The molecule has 2 heterocycles. The van der Waals surface area contributed by atoms with Crippen LogP contribution in [0.15, 0.2) is 4.42 Å². The Balaban J connectivity index is 2.10. The lowest BCUT2D eigenvalue weighted by Crippen LogP contribution is -2.42. The molecule has 4 heteroatoms. The van der Waals surface area contributed by atoms with E-state index in [9.17, 15) is 4.79 Å². The molecule has 1 aliphatic heterocycles. The monoisotopic (exact) mass is 264 g/mol. The van der Waals surface area contributed by atoms with Crippen LogP contribution in [0, 0.1) is 26.7 Å². The van der Waals surface area contributed by atoms with E-state index in [1.54, 1.807) is 0 Å². The number of hydrogen-bond acceptors (Lipinski definition) is 3. The molecule has 0 bridgehead atoms. The topological polar surface area (TPSA) is 59.5 Å². The van der Waals surface area contributed by atoms with Gasteiger partial charge in [0.1, 0.15) is 11.5 Å². The number of nitrogens with two attached hydrogens (primary N) is 1. The van der Waals surface area contributed by atoms with E-state index in [2.05, 4.69) is 6.92 Å². The molecule has 1 saturated heterocycles. The molecule has 1 amide bonds. The number of piperidine rings is 1. The Morgan fingerprint density at radius 1 is 1.26 bits per heavy atom. The van der Waals surface area contributed by atoms with Gasteiger partial charge in [-0.15, -0.1) is 0 Å². The first-order valence-electron chi connectivity index (χ1n) is 7.03. The van der Waals surface area contributed by atoms with Gasteiger partial charge in [-0.1, -0.05) is 0 Å². The lowest BCUT2D eigenvalue weighted by atomic mass is 9.90.